The molecule has 20 heavy (non-hydrogen) atoms. The third kappa shape index (κ3) is 4.79. The maximum absolute atomic E-state index is 5.50. The van der Waals surface area contributed by atoms with E-state index in [0.29, 0.717) is 6.10 Å². The highest BCUT2D eigenvalue weighted by molar-refractivity contribution is 5.34. The average Bonchev–Trinajstić information content (AvgIpc) is 2.97. The Kier molecular flexibility index (Phi) is 5.77. The lowest BCUT2D eigenvalue weighted by atomic mass is 10.2. The average molecular weight is 273 g/mol. The molecular weight excluding hydrogens is 250 g/mol. The van der Waals surface area contributed by atoms with Gasteiger partial charge in [-0.15, -0.1) is 0 Å². The number of rotatable bonds is 8. The van der Waals surface area contributed by atoms with Gasteiger partial charge in [-0.2, -0.15) is 0 Å². The van der Waals surface area contributed by atoms with E-state index >= 15 is 0 Å². The van der Waals surface area contributed by atoms with Gasteiger partial charge in [0.05, 0.1) is 12.4 Å². The van der Waals surface area contributed by atoms with Gasteiger partial charge in [0, 0.05) is 31.2 Å². The smallest absolute Gasteiger partial charge is 0.0991 e. The van der Waals surface area contributed by atoms with Crippen LogP contribution in [0.4, 0.5) is 0 Å². The normalized spacial score (nSPS) is 11.2. The van der Waals surface area contributed by atoms with Crippen LogP contribution in [0.15, 0.2) is 43.0 Å². The third-order valence-corrected chi connectivity index (χ3v) is 3.02. The molecule has 0 aliphatic heterocycles. The second kappa shape index (κ2) is 7.82. The van der Waals surface area contributed by atoms with Crippen LogP contribution in [0.25, 0.3) is 5.69 Å². The maximum Gasteiger partial charge on any atom is 0.0991 e. The zero-order chi connectivity index (χ0) is 14.2. The molecule has 1 aromatic heterocycles. The third-order valence-electron chi connectivity index (χ3n) is 3.02. The van der Waals surface area contributed by atoms with Crippen molar-refractivity contribution in [3.8, 4) is 5.69 Å². The molecule has 4 nitrogen and oxygen atoms in total. The summed E-state index contributed by atoms with van der Waals surface area (Å²) < 4.78 is 7.50. The molecule has 1 heterocycles. The fraction of sp³-hybridized carbons (Fsp3) is 0.438. The SMILES string of the molecule is CC(C)OCCCNCc1ccc(-n2ccnc2)cc1. The molecule has 0 amide bonds. The molecule has 0 bridgehead atoms. The summed E-state index contributed by atoms with van der Waals surface area (Å²) in [5, 5.41) is 3.43. The van der Waals surface area contributed by atoms with E-state index in [0.717, 1.165) is 31.8 Å². The first kappa shape index (κ1) is 14.8. The first-order chi connectivity index (χ1) is 9.75. The van der Waals surface area contributed by atoms with Gasteiger partial charge in [0.25, 0.3) is 0 Å². The van der Waals surface area contributed by atoms with E-state index in [1.807, 2.05) is 17.1 Å². The Morgan fingerprint density at radius 3 is 2.70 bits per heavy atom. The van der Waals surface area contributed by atoms with Gasteiger partial charge in [0.15, 0.2) is 0 Å². The number of hydrogen-bond donors (Lipinski definition) is 1. The van der Waals surface area contributed by atoms with Crippen LogP contribution in [-0.4, -0.2) is 28.8 Å². The van der Waals surface area contributed by atoms with Gasteiger partial charge in [-0.25, -0.2) is 4.98 Å². The van der Waals surface area contributed by atoms with Crippen LogP contribution in [0.1, 0.15) is 25.8 Å². The van der Waals surface area contributed by atoms with Crippen molar-refractivity contribution < 1.29 is 4.74 Å². The molecule has 0 aliphatic carbocycles. The van der Waals surface area contributed by atoms with Crippen molar-refractivity contribution in [1.29, 1.82) is 0 Å². The fourth-order valence-corrected chi connectivity index (χ4v) is 1.95. The Balaban J connectivity index is 1.69. The topological polar surface area (TPSA) is 39.1 Å². The van der Waals surface area contributed by atoms with Crippen molar-refractivity contribution in [2.45, 2.75) is 32.9 Å². The van der Waals surface area contributed by atoms with Gasteiger partial charge in [-0.1, -0.05) is 12.1 Å². The zero-order valence-corrected chi connectivity index (χ0v) is 12.2. The second-order valence-corrected chi connectivity index (χ2v) is 5.09. The van der Waals surface area contributed by atoms with Crippen molar-refractivity contribution in [2.24, 2.45) is 0 Å². The number of nitrogens with zero attached hydrogens (tertiary/aromatic N) is 2. The summed E-state index contributed by atoms with van der Waals surface area (Å²) in [7, 11) is 0. The quantitative estimate of drug-likeness (QED) is 0.752. The summed E-state index contributed by atoms with van der Waals surface area (Å²) in [6, 6.07) is 8.51. The Morgan fingerprint density at radius 2 is 2.05 bits per heavy atom. The number of ether oxygens (including phenoxy) is 1. The minimum absolute atomic E-state index is 0.325. The molecule has 2 aromatic rings. The Labute approximate surface area is 120 Å². The summed E-state index contributed by atoms with van der Waals surface area (Å²) in [6.07, 6.45) is 6.91. The molecule has 0 radical (unpaired) electrons. The molecule has 4 heteroatoms. The molecule has 0 fully saturated rings. The lowest BCUT2D eigenvalue weighted by Gasteiger charge is -2.09. The van der Waals surface area contributed by atoms with Crippen LogP contribution in [-0.2, 0) is 11.3 Å². The van der Waals surface area contributed by atoms with Gasteiger partial charge >= 0.3 is 0 Å². The van der Waals surface area contributed by atoms with Crippen molar-refractivity contribution in [3.05, 3.63) is 48.5 Å². The summed E-state index contributed by atoms with van der Waals surface area (Å²) in [6.45, 7) is 6.83. The van der Waals surface area contributed by atoms with E-state index < -0.39 is 0 Å². The lowest BCUT2D eigenvalue weighted by Crippen LogP contribution is -2.17. The molecule has 0 unspecified atom stereocenters. The van der Waals surface area contributed by atoms with Gasteiger partial charge in [-0.05, 0) is 44.5 Å². The standard InChI is InChI=1S/C16H23N3O/c1-14(2)20-11-3-8-17-12-15-4-6-16(7-5-15)19-10-9-18-13-19/h4-7,9-10,13-14,17H,3,8,11-12H2,1-2H3. The minimum Gasteiger partial charge on any atom is -0.379 e. The molecule has 2 rings (SSSR count). The highest BCUT2D eigenvalue weighted by Gasteiger charge is 1.97. The first-order valence-corrected chi connectivity index (χ1v) is 7.15. The Morgan fingerprint density at radius 1 is 1.25 bits per heavy atom. The first-order valence-electron chi connectivity index (χ1n) is 7.15. The number of nitrogens with one attached hydrogen (secondary N) is 1. The molecule has 0 atom stereocenters. The minimum atomic E-state index is 0.325. The summed E-state index contributed by atoms with van der Waals surface area (Å²) in [5.74, 6) is 0. The number of hydrogen-bond acceptors (Lipinski definition) is 3. The molecule has 0 saturated carbocycles. The summed E-state index contributed by atoms with van der Waals surface area (Å²) in [5.41, 5.74) is 2.43. The highest BCUT2D eigenvalue weighted by Crippen LogP contribution is 2.09. The van der Waals surface area contributed by atoms with Gasteiger partial charge in [-0.3, -0.25) is 0 Å². The molecule has 1 N–H and O–H groups in total. The molecule has 0 saturated heterocycles. The Bertz CT molecular complexity index is 477. The van der Waals surface area contributed by atoms with Crippen LogP contribution in [0.5, 0.6) is 0 Å². The van der Waals surface area contributed by atoms with Crippen LogP contribution in [0.2, 0.25) is 0 Å². The fourth-order valence-electron chi connectivity index (χ4n) is 1.95. The van der Waals surface area contributed by atoms with Crippen LogP contribution >= 0.6 is 0 Å². The number of benzene rings is 1. The van der Waals surface area contributed by atoms with Crippen LogP contribution in [0, 0.1) is 0 Å². The van der Waals surface area contributed by atoms with Crippen LogP contribution in [0.3, 0.4) is 0 Å². The summed E-state index contributed by atoms with van der Waals surface area (Å²) >= 11 is 0. The van der Waals surface area contributed by atoms with Crippen LogP contribution < -0.4 is 5.32 Å². The van der Waals surface area contributed by atoms with Gasteiger partial charge in [0.2, 0.25) is 0 Å². The molecule has 1 aromatic carbocycles. The van der Waals surface area contributed by atoms with Crippen molar-refractivity contribution in [1.82, 2.24) is 14.9 Å². The maximum atomic E-state index is 5.50. The van der Waals surface area contributed by atoms with E-state index in [1.165, 1.54) is 5.56 Å². The summed E-state index contributed by atoms with van der Waals surface area (Å²) in [4.78, 5) is 4.05. The lowest BCUT2D eigenvalue weighted by molar-refractivity contribution is 0.0770. The zero-order valence-electron chi connectivity index (χ0n) is 12.2. The van der Waals surface area contributed by atoms with Crippen molar-refractivity contribution >= 4 is 0 Å². The number of imidazole rings is 1. The van der Waals surface area contributed by atoms with Crippen molar-refractivity contribution in [2.75, 3.05) is 13.2 Å². The molecular formula is C16H23N3O. The highest BCUT2D eigenvalue weighted by atomic mass is 16.5. The Hall–Kier alpha value is -1.65. The predicted octanol–water partition coefficient (Wildman–Crippen LogP) is 2.78. The molecule has 108 valence electrons. The molecule has 0 spiro atoms. The molecule has 0 aliphatic rings. The van der Waals surface area contributed by atoms with Gasteiger partial charge < -0.3 is 14.6 Å². The monoisotopic (exact) mass is 273 g/mol. The van der Waals surface area contributed by atoms with Gasteiger partial charge in [0.1, 0.15) is 0 Å². The van der Waals surface area contributed by atoms with E-state index in [2.05, 4.69) is 48.4 Å². The van der Waals surface area contributed by atoms with E-state index in [1.54, 1.807) is 6.20 Å². The second-order valence-electron chi connectivity index (χ2n) is 5.09. The largest absolute Gasteiger partial charge is 0.379 e. The van der Waals surface area contributed by atoms with E-state index in [9.17, 15) is 0 Å². The predicted molar refractivity (Wildman–Crippen MR) is 81.0 cm³/mol. The van der Waals surface area contributed by atoms with E-state index in [-0.39, 0.29) is 0 Å². The van der Waals surface area contributed by atoms with E-state index in [4.69, 9.17) is 4.74 Å². The van der Waals surface area contributed by atoms with Crippen molar-refractivity contribution in [3.63, 3.8) is 0 Å². The number of aromatic nitrogens is 2.